The van der Waals surface area contributed by atoms with Crippen LogP contribution in [0.25, 0.3) is 0 Å². The van der Waals surface area contributed by atoms with Crippen molar-refractivity contribution in [3.8, 4) is 0 Å². The zero-order chi connectivity index (χ0) is 9.52. The van der Waals surface area contributed by atoms with Crippen LogP contribution in [0.2, 0.25) is 0 Å². The van der Waals surface area contributed by atoms with E-state index in [-0.39, 0.29) is 5.91 Å². The third kappa shape index (κ3) is 4.15. The second kappa shape index (κ2) is 5.19. The van der Waals surface area contributed by atoms with Gasteiger partial charge in [-0.25, -0.2) is 0 Å². The molecule has 0 saturated heterocycles. The van der Waals surface area contributed by atoms with Crippen molar-refractivity contribution in [3.05, 3.63) is 30.3 Å². The van der Waals surface area contributed by atoms with Crippen molar-refractivity contribution in [2.45, 2.75) is 6.92 Å². The summed E-state index contributed by atoms with van der Waals surface area (Å²) < 4.78 is 0. The van der Waals surface area contributed by atoms with E-state index in [0.717, 1.165) is 12.2 Å². The molecule has 1 amide bonds. The summed E-state index contributed by atoms with van der Waals surface area (Å²) in [5.74, 6) is 0.00132. The van der Waals surface area contributed by atoms with Gasteiger partial charge in [0.05, 0.1) is 0 Å². The fourth-order valence-electron chi connectivity index (χ4n) is 0.949. The molecular formula is C10H13N2O. The van der Waals surface area contributed by atoms with Gasteiger partial charge in [0.2, 0.25) is 5.91 Å². The summed E-state index contributed by atoms with van der Waals surface area (Å²) in [6.45, 7) is 2.89. The summed E-state index contributed by atoms with van der Waals surface area (Å²) in [6, 6.07) is 10.6. The van der Waals surface area contributed by atoms with Crippen molar-refractivity contribution in [2.75, 3.05) is 18.4 Å². The molecule has 0 fully saturated rings. The molecule has 3 nitrogen and oxygen atoms in total. The van der Waals surface area contributed by atoms with Gasteiger partial charge in [0.15, 0.2) is 0 Å². The molecular weight excluding hydrogens is 164 g/mol. The first kappa shape index (κ1) is 9.58. The van der Waals surface area contributed by atoms with E-state index in [1.165, 1.54) is 6.92 Å². The third-order valence-electron chi connectivity index (χ3n) is 1.54. The van der Waals surface area contributed by atoms with Crippen LogP contribution in [0.4, 0.5) is 5.69 Å². The molecule has 1 radical (unpaired) electrons. The van der Waals surface area contributed by atoms with Crippen LogP contribution in [-0.4, -0.2) is 19.0 Å². The summed E-state index contributed by atoms with van der Waals surface area (Å²) in [5.41, 5.74) is 1.02. The Balaban J connectivity index is 2.17. The van der Waals surface area contributed by atoms with Crippen LogP contribution < -0.4 is 10.6 Å². The summed E-state index contributed by atoms with van der Waals surface area (Å²) in [4.78, 5) is 10.5. The predicted molar refractivity (Wildman–Crippen MR) is 52.5 cm³/mol. The molecule has 0 unspecified atom stereocenters. The average molecular weight is 177 g/mol. The minimum atomic E-state index is 0.00132. The first-order valence-electron chi connectivity index (χ1n) is 4.23. The number of benzene rings is 1. The second-order valence-electron chi connectivity index (χ2n) is 2.70. The van der Waals surface area contributed by atoms with E-state index in [4.69, 9.17) is 0 Å². The number of nitrogens with one attached hydrogen (secondary N) is 2. The lowest BCUT2D eigenvalue weighted by atomic mass is 10.3. The number of anilines is 1. The monoisotopic (exact) mass is 177 g/mol. The molecule has 69 valence electrons. The van der Waals surface area contributed by atoms with E-state index in [0.29, 0.717) is 6.54 Å². The van der Waals surface area contributed by atoms with Crippen LogP contribution in [0, 0.1) is 6.07 Å². The van der Waals surface area contributed by atoms with Gasteiger partial charge in [-0.2, -0.15) is 0 Å². The van der Waals surface area contributed by atoms with E-state index in [9.17, 15) is 4.79 Å². The number of hydrogen-bond donors (Lipinski definition) is 2. The summed E-state index contributed by atoms with van der Waals surface area (Å²) in [5, 5.41) is 5.86. The minimum Gasteiger partial charge on any atom is -0.383 e. The van der Waals surface area contributed by atoms with Crippen molar-refractivity contribution in [2.24, 2.45) is 0 Å². The first-order chi connectivity index (χ1) is 6.29. The van der Waals surface area contributed by atoms with E-state index >= 15 is 0 Å². The SMILES string of the molecule is CC(=O)NCCNc1c[c]ccc1. The van der Waals surface area contributed by atoms with Crippen molar-refractivity contribution in [3.63, 3.8) is 0 Å². The molecule has 0 spiro atoms. The van der Waals surface area contributed by atoms with Crippen molar-refractivity contribution < 1.29 is 4.79 Å². The van der Waals surface area contributed by atoms with Crippen molar-refractivity contribution >= 4 is 11.6 Å². The molecule has 13 heavy (non-hydrogen) atoms. The van der Waals surface area contributed by atoms with Gasteiger partial charge in [-0.05, 0) is 18.2 Å². The van der Waals surface area contributed by atoms with Crippen LogP contribution >= 0.6 is 0 Å². The Labute approximate surface area is 78.2 Å². The molecule has 0 aliphatic rings. The molecule has 2 N–H and O–H groups in total. The summed E-state index contributed by atoms with van der Waals surface area (Å²) in [6.07, 6.45) is 0. The smallest absolute Gasteiger partial charge is 0.216 e. The van der Waals surface area contributed by atoms with E-state index in [1.54, 1.807) is 0 Å². The maximum Gasteiger partial charge on any atom is 0.216 e. The molecule has 1 aromatic carbocycles. The molecule has 0 saturated carbocycles. The van der Waals surface area contributed by atoms with Gasteiger partial charge in [-0.15, -0.1) is 0 Å². The number of amides is 1. The normalized spacial score (nSPS) is 9.31. The molecule has 3 heteroatoms. The number of carbonyl (C=O) groups is 1. The van der Waals surface area contributed by atoms with Crippen LogP contribution in [0.15, 0.2) is 24.3 Å². The van der Waals surface area contributed by atoms with Gasteiger partial charge >= 0.3 is 0 Å². The quantitative estimate of drug-likeness (QED) is 0.674. The highest BCUT2D eigenvalue weighted by molar-refractivity contribution is 5.72. The second-order valence-corrected chi connectivity index (χ2v) is 2.70. The zero-order valence-electron chi connectivity index (χ0n) is 7.63. The molecule has 0 bridgehead atoms. The zero-order valence-corrected chi connectivity index (χ0v) is 7.63. The maximum atomic E-state index is 10.5. The Morgan fingerprint density at radius 2 is 2.38 bits per heavy atom. The lowest BCUT2D eigenvalue weighted by Crippen LogP contribution is -2.26. The summed E-state index contributed by atoms with van der Waals surface area (Å²) >= 11 is 0. The van der Waals surface area contributed by atoms with E-state index in [2.05, 4.69) is 16.7 Å². The Morgan fingerprint density at radius 3 is 3.00 bits per heavy atom. The van der Waals surface area contributed by atoms with Crippen LogP contribution in [0.1, 0.15) is 6.92 Å². The van der Waals surface area contributed by atoms with E-state index in [1.807, 2.05) is 24.3 Å². The lowest BCUT2D eigenvalue weighted by Gasteiger charge is -2.05. The first-order valence-corrected chi connectivity index (χ1v) is 4.23. The van der Waals surface area contributed by atoms with Crippen molar-refractivity contribution in [1.29, 1.82) is 0 Å². The molecule has 1 rings (SSSR count). The standard InChI is InChI=1S/C10H13N2O/c1-9(13)11-7-8-12-10-5-3-2-4-6-10/h2-3,5-6,12H,7-8H2,1H3,(H,11,13). The third-order valence-corrected chi connectivity index (χ3v) is 1.54. The van der Waals surface area contributed by atoms with Crippen LogP contribution in [0.5, 0.6) is 0 Å². The Kier molecular flexibility index (Phi) is 3.82. The highest BCUT2D eigenvalue weighted by atomic mass is 16.1. The highest BCUT2D eigenvalue weighted by Crippen LogP contribution is 2.02. The fraction of sp³-hybridized carbons (Fsp3) is 0.300. The molecule has 0 atom stereocenters. The van der Waals surface area contributed by atoms with E-state index < -0.39 is 0 Å². The van der Waals surface area contributed by atoms with Gasteiger partial charge in [-0.3, -0.25) is 4.79 Å². The van der Waals surface area contributed by atoms with Gasteiger partial charge in [-0.1, -0.05) is 12.1 Å². The fourth-order valence-corrected chi connectivity index (χ4v) is 0.949. The lowest BCUT2D eigenvalue weighted by molar-refractivity contribution is -0.118. The number of hydrogen-bond acceptors (Lipinski definition) is 2. The summed E-state index contributed by atoms with van der Waals surface area (Å²) in [7, 11) is 0. The highest BCUT2D eigenvalue weighted by Gasteiger charge is 1.90. The Hall–Kier alpha value is -1.51. The maximum absolute atomic E-state index is 10.5. The molecule has 0 aromatic heterocycles. The number of carbonyl (C=O) groups excluding carboxylic acids is 1. The molecule has 0 aliphatic carbocycles. The van der Waals surface area contributed by atoms with Crippen molar-refractivity contribution in [1.82, 2.24) is 5.32 Å². The van der Waals surface area contributed by atoms with Gasteiger partial charge in [0, 0.05) is 25.7 Å². The molecule has 0 aliphatic heterocycles. The van der Waals surface area contributed by atoms with Crippen LogP contribution in [0.3, 0.4) is 0 Å². The average Bonchev–Trinajstić information content (AvgIpc) is 2.14. The van der Waals surface area contributed by atoms with Gasteiger partial charge in [0.25, 0.3) is 0 Å². The predicted octanol–water partition coefficient (Wildman–Crippen LogP) is 1.03. The minimum absolute atomic E-state index is 0.00132. The molecule has 1 aromatic rings. The largest absolute Gasteiger partial charge is 0.383 e. The molecule has 0 heterocycles. The van der Waals surface area contributed by atoms with Crippen LogP contribution in [-0.2, 0) is 4.79 Å². The van der Waals surface area contributed by atoms with Gasteiger partial charge in [0.1, 0.15) is 0 Å². The topological polar surface area (TPSA) is 41.1 Å². The number of rotatable bonds is 4. The Morgan fingerprint density at radius 1 is 1.54 bits per heavy atom. The Bertz CT molecular complexity index is 259. The van der Waals surface area contributed by atoms with Gasteiger partial charge < -0.3 is 10.6 Å².